The Kier molecular flexibility index (Phi) is 4.02. The molecule has 5 rings (SSSR count). The van der Waals surface area contributed by atoms with E-state index in [4.69, 9.17) is 4.42 Å². The number of rotatable bonds is 2. The lowest BCUT2D eigenvalue weighted by molar-refractivity contribution is 0.0693. The number of benzene rings is 1. The first-order chi connectivity index (χ1) is 14.6. The molecule has 1 aromatic carbocycles. The maximum atomic E-state index is 12.6. The molecule has 0 saturated heterocycles. The molecule has 0 amide bonds. The molecule has 0 fully saturated rings. The van der Waals surface area contributed by atoms with Crippen molar-refractivity contribution in [1.29, 1.82) is 0 Å². The van der Waals surface area contributed by atoms with Crippen LogP contribution in [0.15, 0.2) is 51.9 Å². The molecule has 158 valence electrons. The number of nitrogens with zero attached hydrogens (tertiary/aromatic N) is 3. The summed E-state index contributed by atoms with van der Waals surface area (Å²) in [6, 6.07) is 9.29. The minimum atomic E-state index is -1.22. The van der Waals surface area contributed by atoms with Gasteiger partial charge in [0.15, 0.2) is 11.2 Å². The van der Waals surface area contributed by atoms with Gasteiger partial charge in [-0.3, -0.25) is 9.48 Å². The Morgan fingerprint density at radius 2 is 2.03 bits per heavy atom. The SMILES string of the molecule is Cn1ccc(-c2cccc3c4c(oc23)-c2cc(=O)c(C(=O)O)cn2C(C(C)(C)C)C4)n1. The van der Waals surface area contributed by atoms with Gasteiger partial charge in [0.25, 0.3) is 0 Å². The lowest BCUT2D eigenvalue weighted by Gasteiger charge is -2.37. The predicted octanol–water partition coefficient (Wildman–Crippen LogP) is 4.50. The summed E-state index contributed by atoms with van der Waals surface area (Å²) in [4.78, 5) is 24.2. The van der Waals surface area contributed by atoms with Crippen LogP contribution in [0.1, 0.15) is 42.7 Å². The Morgan fingerprint density at radius 1 is 1.26 bits per heavy atom. The summed E-state index contributed by atoms with van der Waals surface area (Å²) in [5.41, 5.74) is 3.15. The van der Waals surface area contributed by atoms with E-state index >= 15 is 0 Å². The first kappa shape index (κ1) is 19.4. The molecule has 1 aliphatic heterocycles. The van der Waals surface area contributed by atoms with Gasteiger partial charge in [-0.2, -0.15) is 5.10 Å². The Morgan fingerprint density at radius 3 is 2.68 bits per heavy atom. The third kappa shape index (κ3) is 2.91. The van der Waals surface area contributed by atoms with Crippen LogP contribution in [0.3, 0.4) is 0 Å². The van der Waals surface area contributed by atoms with Gasteiger partial charge in [-0.25, -0.2) is 4.79 Å². The topological polar surface area (TPSA) is 90.3 Å². The number of hydrogen-bond donors (Lipinski definition) is 1. The number of para-hydroxylation sites is 1. The summed E-state index contributed by atoms with van der Waals surface area (Å²) in [6.07, 6.45) is 4.02. The maximum Gasteiger partial charge on any atom is 0.341 e. The van der Waals surface area contributed by atoms with Crippen molar-refractivity contribution in [2.45, 2.75) is 33.2 Å². The van der Waals surface area contributed by atoms with Crippen LogP contribution in [0.2, 0.25) is 0 Å². The largest absolute Gasteiger partial charge is 0.477 e. The summed E-state index contributed by atoms with van der Waals surface area (Å²) in [5.74, 6) is -0.603. The minimum absolute atomic E-state index is 0.0343. The highest BCUT2D eigenvalue weighted by atomic mass is 16.4. The summed E-state index contributed by atoms with van der Waals surface area (Å²) in [5, 5.41) is 15.0. The van der Waals surface area contributed by atoms with Crippen molar-refractivity contribution in [2.75, 3.05) is 0 Å². The minimum Gasteiger partial charge on any atom is -0.477 e. The number of carboxylic acids is 1. The summed E-state index contributed by atoms with van der Waals surface area (Å²) < 4.78 is 10.0. The number of furan rings is 1. The van der Waals surface area contributed by atoms with Gasteiger partial charge in [0, 0.05) is 48.1 Å². The van der Waals surface area contributed by atoms with E-state index in [1.807, 2.05) is 42.1 Å². The van der Waals surface area contributed by atoms with Crippen LogP contribution in [0.5, 0.6) is 0 Å². The molecule has 0 saturated carbocycles. The molecule has 0 aliphatic carbocycles. The van der Waals surface area contributed by atoms with Crippen molar-refractivity contribution in [1.82, 2.24) is 14.3 Å². The van der Waals surface area contributed by atoms with Crippen LogP contribution in [0.25, 0.3) is 33.7 Å². The van der Waals surface area contributed by atoms with E-state index in [0.29, 0.717) is 17.9 Å². The molecule has 0 bridgehead atoms. The van der Waals surface area contributed by atoms with E-state index in [2.05, 4.69) is 25.9 Å². The summed E-state index contributed by atoms with van der Waals surface area (Å²) in [6.45, 7) is 6.35. The molecule has 4 heterocycles. The highest BCUT2D eigenvalue weighted by molar-refractivity contribution is 5.97. The molecule has 1 aliphatic rings. The Labute approximate surface area is 178 Å². The van der Waals surface area contributed by atoms with Crippen LogP contribution < -0.4 is 5.43 Å². The number of fused-ring (bicyclic) bond motifs is 5. The van der Waals surface area contributed by atoms with Gasteiger partial charge in [0.2, 0.25) is 0 Å². The van der Waals surface area contributed by atoms with Crippen molar-refractivity contribution in [3.8, 4) is 22.7 Å². The van der Waals surface area contributed by atoms with E-state index in [0.717, 1.165) is 27.8 Å². The predicted molar refractivity (Wildman–Crippen MR) is 117 cm³/mol. The van der Waals surface area contributed by atoms with Crippen molar-refractivity contribution in [3.05, 3.63) is 64.1 Å². The number of hydrogen-bond acceptors (Lipinski definition) is 4. The highest BCUT2D eigenvalue weighted by Crippen LogP contribution is 2.47. The lowest BCUT2D eigenvalue weighted by atomic mass is 9.79. The van der Waals surface area contributed by atoms with Crippen LogP contribution in [-0.2, 0) is 13.5 Å². The molecule has 1 unspecified atom stereocenters. The van der Waals surface area contributed by atoms with Crippen molar-refractivity contribution < 1.29 is 14.3 Å². The zero-order valence-corrected chi connectivity index (χ0v) is 17.8. The van der Waals surface area contributed by atoms with Gasteiger partial charge in [-0.05, 0) is 24.0 Å². The second-order valence-electron chi connectivity index (χ2n) is 9.20. The first-order valence-electron chi connectivity index (χ1n) is 10.2. The van der Waals surface area contributed by atoms with E-state index in [9.17, 15) is 14.7 Å². The third-order valence-electron chi connectivity index (χ3n) is 6.08. The second-order valence-corrected chi connectivity index (χ2v) is 9.20. The number of aromatic nitrogens is 3. The van der Waals surface area contributed by atoms with Crippen LogP contribution in [0.4, 0.5) is 0 Å². The maximum absolute atomic E-state index is 12.6. The smallest absolute Gasteiger partial charge is 0.341 e. The molecule has 4 aromatic rings. The van der Waals surface area contributed by atoms with Crippen molar-refractivity contribution in [2.24, 2.45) is 12.5 Å². The molecule has 0 spiro atoms. The average molecular weight is 417 g/mol. The first-order valence-corrected chi connectivity index (χ1v) is 10.2. The van der Waals surface area contributed by atoms with E-state index in [1.54, 1.807) is 4.68 Å². The molecule has 1 N–H and O–H groups in total. The Hall–Kier alpha value is -3.61. The standard InChI is InChI=1S/C24H23N3O4/c1-24(2,3)20-10-15-13-6-5-7-14(17-8-9-26(4)25-17)21(13)31-22(15)18-11-19(28)16(23(29)30)12-27(18)20/h5-9,11-12,20H,10H2,1-4H3,(H,29,30). The third-order valence-corrected chi connectivity index (χ3v) is 6.08. The van der Waals surface area contributed by atoms with Gasteiger partial charge in [0.05, 0.1) is 11.4 Å². The normalized spacial score (nSPS) is 15.7. The zero-order valence-electron chi connectivity index (χ0n) is 17.8. The zero-order chi connectivity index (χ0) is 22.1. The number of aromatic carboxylic acids is 1. The van der Waals surface area contributed by atoms with E-state index in [1.165, 1.54) is 12.3 Å². The molecule has 0 radical (unpaired) electrons. The molecule has 3 aromatic heterocycles. The van der Waals surface area contributed by atoms with Crippen molar-refractivity contribution in [3.63, 3.8) is 0 Å². The second kappa shape index (κ2) is 6.44. The fourth-order valence-corrected chi connectivity index (χ4v) is 4.51. The Bertz CT molecular complexity index is 1420. The fraction of sp³-hybridized carbons (Fsp3) is 0.292. The molecular formula is C24H23N3O4. The quantitative estimate of drug-likeness (QED) is 0.518. The van der Waals surface area contributed by atoms with Gasteiger partial charge >= 0.3 is 5.97 Å². The number of aryl methyl sites for hydroxylation is 1. The van der Waals surface area contributed by atoms with Gasteiger partial charge in [-0.15, -0.1) is 0 Å². The van der Waals surface area contributed by atoms with Gasteiger partial charge in [-0.1, -0.05) is 32.9 Å². The van der Waals surface area contributed by atoms with Crippen LogP contribution >= 0.6 is 0 Å². The molecular weight excluding hydrogens is 394 g/mol. The Balaban J connectivity index is 1.83. The average Bonchev–Trinajstić information content (AvgIpc) is 3.29. The van der Waals surface area contributed by atoms with Crippen molar-refractivity contribution >= 4 is 16.9 Å². The van der Waals surface area contributed by atoms with E-state index in [-0.39, 0.29) is 17.0 Å². The molecule has 31 heavy (non-hydrogen) atoms. The van der Waals surface area contributed by atoms with E-state index < -0.39 is 11.4 Å². The number of carboxylic acid groups (broad SMARTS) is 1. The number of pyridine rings is 1. The summed E-state index contributed by atoms with van der Waals surface area (Å²) in [7, 11) is 1.87. The van der Waals surface area contributed by atoms with Gasteiger partial charge in [0.1, 0.15) is 11.1 Å². The highest BCUT2D eigenvalue weighted by Gasteiger charge is 2.36. The van der Waals surface area contributed by atoms with Gasteiger partial charge < -0.3 is 14.1 Å². The lowest BCUT2D eigenvalue weighted by Crippen LogP contribution is -2.32. The van der Waals surface area contributed by atoms with Crippen LogP contribution in [0, 0.1) is 5.41 Å². The number of carbonyl (C=O) groups is 1. The molecule has 7 heteroatoms. The molecule has 7 nitrogen and oxygen atoms in total. The summed E-state index contributed by atoms with van der Waals surface area (Å²) >= 11 is 0. The van der Waals surface area contributed by atoms with Crippen LogP contribution in [-0.4, -0.2) is 25.4 Å². The fourth-order valence-electron chi connectivity index (χ4n) is 4.51. The monoisotopic (exact) mass is 417 g/mol. The molecule has 1 atom stereocenters.